The van der Waals surface area contributed by atoms with Gasteiger partial charge in [-0.2, -0.15) is 5.10 Å². The Morgan fingerprint density at radius 2 is 1.96 bits per heavy atom. The summed E-state index contributed by atoms with van der Waals surface area (Å²) in [7, 11) is 0. The summed E-state index contributed by atoms with van der Waals surface area (Å²) in [6, 6.07) is 11.0. The highest BCUT2D eigenvalue weighted by Gasteiger charge is 2.42. The third kappa shape index (κ3) is 4.30. The first-order chi connectivity index (χ1) is 13.5. The standard InChI is InChI=1S/C23H32N4O/c1-19(2)21-7-5-20(6-8-21)15-25-12-3-9-23(17-25)10-14-26(18-23)22(28)16-27-13-4-11-24-27/h4-8,11,13,19H,3,9-10,12,14-18H2,1-2H3. The zero-order chi connectivity index (χ0) is 19.6. The maximum absolute atomic E-state index is 12.6. The lowest BCUT2D eigenvalue weighted by Crippen LogP contribution is -2.45. The van der Waals surface area contributed by atoms with Gasteiger partial charge >= 0.3 is 0 Å². The van der Waals surface area contributed by atoms with Gasteiger partial charge in [0.05, 0.1) is 0 Å². The molecule has 0 N–H and O–H groups in total. The Morgan fingerprint density at radius 1 is 1.14 bits per heavy atom. The molecule has 2 saturated heterocycles. The summed E-state index contributed by atoms with van der Waals surface area (Å²) >= 11 is 0. The predicted octanol–water partition coefficient (Wildman–Crippen LogP) is 3.52. The quantitative estimate of drug-likeness (QED) is 0.797. The zero-order valence-electron chi connectivity index (χ0n) is 17.2. The van der Waals surface area contributed by atoms with Crippen LogP contribution in [0.5, 0.6) is 0 Å². The Kier molecular flexibility index (Phi) is 5.54. The van der Waals surface area contributed by atoms with Crippen LogP contribution < -0.4 is 0 Å². The molecule has 0 aliphatic carbocycles. The van der Waals surface area contributed by atoms with Crippen LogP contribution in [0.4, 0.5) is 0 Å². The molecule has 1 amide bonds. The molecule has 2 aromatic rings. The van der Waals surface area contributed by atoms with Gasteiger partial charge in [0.25, 0.3) is 0 Å². The molecule has 1 atom stereocenters. The van der Waals surface area contributed by atoms with Gasteiger partial charge in [0.1, 0.15) is 6.54 Å². The first-order valence-corrected chi connectivity index (χ1v) is 10.6. The monoisotopic (exact) mass is 380 g/mol. The number of rotatable bonds is 5. The van der Waals surface area contributed by atoms with Gasteiger partial charge in [-0.05, 0) is 48.9 Å². The number of benzene rings is 1. The van der Waals surface area contributed by atoms with Crippen molar-refractivity contribution in [1.29, 1.82) is 0 Å². The van der Waals surface area contributed by atoms with E-state index in [-0.39, 0.29) is 11.3 Å². The molecule has 5 nitrogen and oxygen atoms in total. The van der Waals surface area contributed by atoms with Crippen LogP contribution in [-0.4, -0.2) is 51.7 Å². The molecule has 1 aromatic heterocycles. The average molecular weight is 381 g/mol. The molecule has 1 unspecified atom stereocenters. The third-order valence-corrected chi connectivity index (χ3v) is 6.44. The van der Waals surface area contributed by atoms with E-state index >= 15 is 0 Å². The number of carbonyl (C=O) groups excluding carboxylic acids is 1. The van der Waals surface area contributed by atoms with E-state index in [0.717, 1.165) is 39.1 Å². The van der Waals surface area contributed by atoms with Crippen molar-refractivity contribution in [2.75, 3.05) is 26.2 Å². The van der Waals surface area contributed by atoms with Gasteiger partial charge in [0, 0.05) is 44.0 Å². The van der Waals surface area contributed by atoms with Crippen molar-refractivity contribution in [2.45, 2.75) is 52.1 Å². The number of likely N-dealkylation sites (tertiary alicyclic amines) is 2. The second-order valence-electron chi connectivity index (χ2n) is 8.98. The minimum absolute atomic E-state index is 0.196. The van der Waals surface area contributed by atoms with Crippen LogP contribution in [0.15, 0.2) is 42.7 Å². The van der Waals surface area contributed by atoms with Crippen molar-refractivity contribution in [3.8, 4) is 0 Å². The van der Waals surface area contributed by atoms with E-state index in [1.165, 1.54) is 24.0 Å². The summed E-state index contributed by atoms with van der Waals surface area (Å²) in [5.41, 5.74) is 3.07. The molecule has 2 aliphatic rings. The summed E-state index contributed by atoms with van der Waals surface area (Å²) in [6.45, 7) is 9.90. The van der Waals surface area contributed by atoms with Crippen molar-refractivity contribution in [3.05, 3.63) is 53.9 Å². The van der Waals surface area contributed by atoms with Crippen molar-refractivity contribution < 1.29 is 4.79 Å². The van der Waals surface area contributed by atoms with Crippen molar-refractivity contribution in [3.63, 3.8) is 0 Å². The van der Waals surface area contributed by atoms with Gasteiger partial charge < -0.3 is 4.90 Å². The smallest absolute Gasteiger partial charge is 0.244 e. The van der Waals surface area contributed by atoms with E-state index in [9.17, 15) is 4.79 Å². The Labute approximate surface area is 168 Å². The van der Waals surface area contributed by atoms with E-state index in [2.05, 4.69) is 53.0 Å². The zero-order valence-corrected chi connectivity index (χ0v) is 17.2. The first-order valence-electron chi connectivity index (χ1n) is 10.6. The predicted molar refractivity (Wildman–Crippen MR) is 111 cm³/mol. The van der Waals surface area contributed by atoms with Gasteiger partial charge in [-0.25, -0.2) is 0 Å². The minimum Gasteiger partial charge on any atom is -0.340 e. The Balaban J connectivity index is 1.35. The molecule has 1 spiro atoms. The van der Waals surface area contributed by atoms with E-state index in [4.69, 9.17) is 0 Å². The lowest BCUT2D eigenvalue weighted by Gasteiger charge is -2.40. The van der Waals surface area contributed by atoms with Crippen LogP contribution in [0.2, 0.25) is 0 Å². The van der Waals surface area contributed by atoms with Crippen molar-refractivity contribution >= 4 is 5.91 Å². The normalized spacial score (nSPS) is 23.0. The lowest BCUT2D eigenvalue weighted by atomic mass is 9.79. The summed E-state index contributed by atoms with van der Waals surface area (Å²) in [5, 5.41) is 4.17. The minimum atomic E-state index is 0.196. The van der Waals surface area contributed by atoms with Crippen molar-refractivity contribution in [2.24, 2.45) is 5.41 Å². The first kappa shape index (κ1) is 19.2. The number of aromatic nitrogens is 2. The maximum atomic E-state index is 12.6. The maximum Gasteiger partial charge on any atom is 0.244 e. The number of hydrogen-bond donors (Lipinski definition) is 0. The molecule has 0 radical (unpaired) electrons. The van der Waals surface area contributed by atoms with Crippen LogP contribution in [0.3, 0.4) is 0 Å². The van der Waals surface area contributed by atoms with Crippen molar-refractivity contribution in [1.82, 2.24) is 19.6 Å². The highest BCUT2D eigenvalue weighted by molar-refractivity contribution is 5.76. The van der Waals surface area contributed by atoms with Gasteiger partial charge in [0.2, 0.25) is 5.91 Å². The number of nitrogens with zero attached hydrogens (tertiary/aromatic N) is 4. The Morgan fingerprint density at radius 3 is 2.68 bits per heavy atom. The summed E-state index contributed by atoms with van der Waals surface area (Å²) in [5.74, 6) is 0.776. The topological polar surface area (TPSA) is 41.4 Å². The van der Waals surface area contributed by atoms with Crippen LogP contribution >= 0.6 is 0 Å². The highest BCUT2D eigenvalue weighted by Crippen LogP contribution is 2.39. The van der Waals surface area contributed by atoms with Crippen LogP contribution in [0, 0.1) is 5.41 Å². The Hall–Kier alpha value is -2.14. The van der Waals surface area contributed by atoms with Gasteiger partial charge in [-0.15, -0.1) is 0 Å². The molecule has 3 heterocycles. The van der Waals surface area contributed by atoms with E-state index in [1.807, 2.05) is 12.3 Å². The second-order valence-corrected chi connectivity index (χ2v) is 8.98. The number of carbonyl (C=O) groups is 1. The largest absolute Gasteiger partial charge is 0.340 e. The lowest BCUT2D eigenvalue weighted by molar-refractivity contribution is -0.131. The van der Waals surface area contributed by atoms with Gasteiger partial charge in [-0.3, -0.25) is 14.4 Å². The van der Waals surface area contributed by atoms with Gasteiger partial charge in [0.15, 0.2) is 0 Å². The molecule has 5 heteroatoms. The van der Waals surface area contributed by atoms with Gasteiger partial charge in [-0.1, -0.05) is 38.1 Å². The molecule has 4 rings (SSSR count). The molecular weight excluding hydrogens is 348 g/mol. The summed E-state index contributed by atoms with van der Waals surface area (Å²) in [4.78, 5) is 17.3. The Bertz CT molecular complexity index is 783. The van der Waals surface area contributed by atoms with Crippen LogP contribution in [0.1, 0.15) is 50.2 Å². The fraction of sp³-hybridized carbons (Fsp3) is 0.565. The van der Waals surface area contributed by atoms with Crippen LogP contribution in [-0.2, 0) is 17.9 Å². The number of piperidine rings is 1. The highest BCUT2D eigenvalue weighted by atomic mass is 16.2. The number of amides is 1. The molecule has 150 valence electrons. The van der Waals surface area contributed by atoms with E-state index in [0.29, 0.717) is 12.5 Å². The molecule has 28 heavy (non-hydrogen) atoms. The molecule has 2 aliphatic heterocycles. The SMILES string of the molecule is CC(C)c1ccc(CN2CCCC3(CCN(C(=O)Cn4cccn4)C3)C2)cc1. The second kappa shape index (κ2) is 8.08. The third-order valence-electron chi connectivity index (χ3n) is 6.44. The molecular formula is C23H32N4O. The summed E-state index contributed by atoms with van der Waals surface area (Å²) < 4.78 is 1.72. The molecule has 0 saturated carbocycles. The molecule has 1 aromatic carbocycles. The summed E-state index contributed by atoms with van der Waals surface area (Å²) in [6.07, 6.45) is 7.18. The van der Waals surface area contributed by atoms with E-state index in [1.54, 1.807) is 10.9 Å². The molecule has 0 bridgehead atoms. The molecule has 2 fully saturated rings. The average Bonchev–Trinajstić information content (AvgIpc) is 3.33. The number of hydrogen-bond acceptors (Lipinski definition) is 3. The fourth-order valence-electron chi connectivity index (χ4n) is 4.82. The van der Waals surface area contributed by atoms with E-state index < -0.39 is 0 Å². The van der Waals surface area contributed by atoms with Crippen LogP contribution in [0.25, 0.3) is 0 Å². The fourth-order valence-corrected chi connectivity index (χ4v) is 4.82.